The number of rotatable bonds is 5. The molecular weight excluding hydrogens is 420 g/mol. The number of ether oxygens (including phenoxy) is 3. The minimum Gasteiger partial charge on any atom is -0.441 e. The van der Waals surface area contributed by atoms with Crippen LogP contribution < -0.4 is 5.32 Å². The maximum absolute atomic E-state index is 11.6. The lowest BCUT2D eigenvalue weighted by Crippen LogP contribution is -2.68. The highest BCUT2D eigenvalue weighted by Gasteiger charge is 2.54. The van der Waals surface area contributed by atoms with Crippen molar-refractivity contribution >= 4 is 6.09 Å². The highest BCUT2D eigenvalue weighted by atomic mass is 16.7. The van der Waals surface area contributed by atoms with Crippen LogP contribution in [-0.2, 0) is 14.2 Å². The van der Waals surface area contributed by atoms with E-state index >= 15 is 0 Å². The summed E-state index contributed by atoms with van der Waals surface area (Å²) < 4.78 is 16.6. The van der Waals surface area contributed by atoms with Crippen molar-refractivity contribution in [2.24, 2.45) is 15.3 Å². The number of alkyl carbamates (subject to hydrolysis) is 1. The smallest absolute Gasteiger partial charge is 0.407 e. The van der Waals surface area contributed by atoms with Crippen molar-refractivity contribution in [3.63, 3.8) is 0 Å². The number of aliphatic hydroxyl groups excluding tert-OH is 3. The molecule has 0 aromatic heterocycles. The molecule has 0 radical (unpaired) electrons. The SMILES string of the molecule is CC1NC(=O)O[C@H]2C(O)C(N=[N+]=[N-])[C@@H](O[C@@H]3C(N=[N+]=[N-])CC(N=[N+]=[N-])C(O)C3O)OC12. The number of nitrogens with one attached hydrogen (secondary N) is 1. The van der Waals surface area contributed by atoms with Crippen LogP contribution in [0, 0.1) is 0 Å². The molecule has 11 atom stereocenters. The number of amides is 1. The third kappa shape index (κ3) is 4.39. The van der Waals surface area contributed by atoms with E-state index in [1.54, 1.807) is 6.92 Å². The molecule has 0 bridgehead atoms. The minimum absolute atomic E-state index is 0.139. The first-order valence-corrected chi connectivity index (χ1v) is 9.27. The molecule has 8 unspecified atom stereocenters. The van der Waals surface area contributed by atoms with Crippen LogP contribution in [0.5, 0.6) is 0 Å². The molecule has 1 aliphatic carbocycles. The van der Waals surface area contributed by atoms with Crippen LogP contribution in [0.1, 0.15) is 13.3 Å². The van der Waals surface area contributed by atoms with Crippen LogP contribution in [0.4, 0.5) is 4.79 Å². The molecule has 17 nitrogen and oxygen atoms in total. The van der Waals surface area contributed by atoms with Gasteiger partial charge in [0, 0.05) is 14.7 Å². The largest absolute Gasteiger partial charge is 0.441 e. The zero-order valence-corrected chi connectivity index (χ0v) is 16.1. The van der Waals surface area contributed by atoms with Crippen molar-refractivity contribution in [3.05, 3.63) is 31.3 Å². The summed E-state index contributed by atoms with van der Waals surface area (Å²) in [6, 6.07) is -4.16. The topological polar surface area (TPSA) is 264 Å². The second-order valence-electron chi connectivity index (χ2n) is 7.32. The first kappa shape index (κ1) is 22.7. The van der Waals surface area contributed by atoms with E-state index in [2.05, 4.69) is 35.4 Å². The van der Waals surface area contributed by atoms with Crippen molar-refractivity contribution in [1.29, 1.82) is 0 Å². The van der Waals surface area contributed by atoms with Gasteiger partial charge in [-0.2, -0.15) is 0 Å². The fourth-order valence-corrected chi connectivity index (χ4v) is 3.98. The summed E-state index contributed by atoms with van der Waals surface area (Å²) in [6.07, 6.45) is -10.5. The third-order valence-electron chi connectivity index (χ3n) is 5.48. The number of hydrogen-bond donors (Lipinski definition) is 4. The Morgan fingerprint density at radius 1 is 1.00 bits per heavy atom. The van der Waals surface area contributed by atoms with Crippen LogP contribution in [-0.4, -0.2) is 88.5 Å². The predicted molar refractivity (Wildman–Crippen MR) is 97.8 cm³/mol. The number of hydrogen-bond acceptors (Lipinski definition) is 10. The van der Waals surface area contributed by atoms with Crippen LogP contribution in [0.25, 0.3) is 31.3 Å². The Morgan fingerprint density at radius 3 is 2.29 bits per heavy atom. The zero-order chi connectivity index (χ0) is 22.7. The van der Waals surface area contributed by atoms with Crippen molar-refractivity contribution in [2.75, 3.05) is 0 Å². The molecular formula is C14H20N10O7. The Morgan fingerprint density at radius 2 is 1.65 bits per heavy atom. The number of fused-ring (bicyclic) bond motifs is 1. The van der Waals surface area contributed by atoms with Gasteiger partial charge < -0.3 is 34.8 Å². The van der Waals surface area contributed by atoms with Gasteiger partial charge in [0.05, 0.1) is 30.3 Å². The van der Waals surface area contributed by atoms with E-state index in [1.165, 1.54) is 0 Å². The van der Waals surface area contributed by atoms with Crippen molar-refractivity contribution in [2.45, 2.75) is 80.4 Å². The number of nitrogens with zero attached hydrogens (tertiary/aromatic N) is 9. The van der Waals surface area contributed by atoms with E-state index in [-0.39, 0.29) is 6.42 Å². The Bertz CT molecular complexity index is 841. The predicted octanol–water partition coefficient (Wildman–Crippen LogP) is 0.116. The fourth-order valence-electron chi connectivity index (χ4n) is 3.98. The van der Waals surface area contributed by atoms with Gasteiger partial charge in [0.2, 0.25) is 0 Å². The van der Waals surface area contributed by atoms with Gasteiger partial charge in [-0.3, -0.25) is 0 Å². The number of azide groups is 3. The molecule has 168 valence electrons. The monoisotopic (exact) mass is 440 g/mol. The molecule has 0 spiro atoms. The molecule has 31 heavy (non-hydrogen) atoms. The highest BCUT2D eigenvalue weighted by Crippen LogP contribution is 2.34. The van der Waals surface area contributed by atoms with Crippen LogP contribution in [0.3, 0.4) is 0 Å². The minimum atomic E-state index is -1.66. The van der Waals surface area contributed by atoms with Gasteiger partial charge in [0.1, 0.15) is 24.4 Å². The van der Waals surface area contributed by atoms with Gasteiger partial charge in [0.25, 0.3) is 0 Å². The van der Waals surface area contributed by atoms with E-state index in [0.717, 1.165) is 0 Å². The standard InChI is InChI=1S/C14H20N10O7/c1-3-10-12(31-14(28)18-3)8(26)6(21-24-17)13(29-10)30-11-5(20-23-16)2-4(19-22-15)7(25)9(11)27/h3-13,25-27H,2H2,1H3,(H,18,28)/t3?,4?,5?,6?,7?,8?,9?,10?,11-,12+,13-/m1/s1. The normalized spacial score (nSPS) is 44.3. The maximum atomic E-state index is 11.6. The quantitative estimate of drug-likeness (QED) is 0.260. The maximum Gasteiger partial charge on any atom is 0.407 e. The Kier molecular flexibility index (Phi) is 6.90. The average molecular weight is 440 g/mol. The molecule has 3 aliphatic rings. The first-order chi connectivity index (χ1) is 14.8. The van der Waals surface area contributed by atoms with Crippen molar-refractivity contribution < 1.29 is 34.3 Å². The molecule has 0 aromatic carbocycles. The molecule has 1 amide bonds. The molecule has 17 heteroatoms. The van der Waals surface area contributed by atoms with Crippen molar-refractivity contribution in [1.82, 2.24) is 5.32 Å². The Hall–Kier alpha value is -3.00. The summed E-state index contributed by atoms with van der Waals surface area (Å²) >= 11 is 0. The fraction of sp³-hybridized carbons (Fsp3) is 0.929. The summed E-state index contributed by atoms with van der Waals surface area (Å²) in [5.41, 5.74) is 26.4. The van der Waals surface area contributed by atoms with Crippen LogP contribution >= 0.6 is 0 Å². The lowest BCUT2D eigenvalue weighted by molar-refractivity contribution is -0.296. The molecule has 2 saturated heterocycles. The molecule has 3 rings (SSSR count). The first-order valence-electron chi connectivity index (χ1n) is 9.27. The van der Waals surface area contributed by atoms with E-state index in [1.807, 2.05) is 0 Å². The number of carbonyl (C=O) groups is 1. The second kappa shape index (κ2) is 9.43. The summed E-state index contributed by atoms with van der Waals surface area (Å²) in [7, 11) is 0. The van der Waals surface area contributed by atoms with Crippen molar-refractivity contribution in [3.8, 4) is 0 Å². The third-order valence-corrected chi connectivity index (χ3v) is 5.48. The zero-order valence-electron chi connectivity index (χ0n) is 16.1. The summed E-state index contributed by atoms with van der Waals surface area (Å²) in [5, 5.41) is 44.3. The second-order valence-corrected chi connectivity index (χ2v) is 7.32. The Balaban J connectivity index is 1.88. The Labute approximate surface area is 173 Å². The van der Waals surface area contributed by atoms with Crippen LogP contribution in [0.2, 0.25) is 0 Å². The average Bonchev–Trinajstić information content (AvgIpc) is 2.72. The summed E-state index contributed by atoms with van der Waals surface area (Å²) in [6.45, 7) is 1.60. The molecule has 2 aliphatic heterocycles. The molecule has 3 fully saturated rings. The van der Waals surface area contributed by atoms with Gasteiger partial charge in [-0.15, -0.1) is 0 Å². The van der Waals surface area contributed by atoms with Gasteiger partial charge in [0.15, 0.2) is 12.4 Å². The van der Waals surface area contributed by atoms with Gasteiger partial charge >= 0.3 is 6.09 Å². The molecule has 1 saturated carbocycles. The lowest BCUT2D eigenvalue weighted by Gasteiger charge is -2.48. The van der Waals surface area contributed by atoms with Gasteiger partial charge in [-0.25, -0.2) is 4.79 Å². The molecule has 2 heterocycles. The van der Waals surface area contributed by atoms with E-state index in [4.69, 9.17) is 30.8 Å². The summed E-state index contributed by atoms with van der Waals surface area (Å²) in [5.74, 6) is 0. The molecule has 0 aromatic rings. The number of aliphatic hydroxyl groups is 3. The summed E-state index contributed by atoms with van der Waals surface area (Å²) in [4.78, 5) is 19.6. The van der Waals surface area contributed by atoms with Gasteiger partial charge in [-0.1, -0.05) is 15.3 Å². The van der Waals surface area contributed by atoms with E-state index < -0.39 is 73.2 Å². The lowest BCUT2D eigenvalue weighted by atomic mass is 9.84. The highest BCUT2D eigenvalue weighted by molar-refractivity contribution is 5.69. The van der Waals surface area contributed by atoms with Crippen LogP contribution in [0.15, 0.2) is 15.3 Å². The number of carbonyl (C=O) groups excluding carboxylic acids is 1. The molecule has 4 N–H and O–H groups in total. The van der Waals surface area contributed by atoms with E-state index in [9.17, 15) is 20.1 Å². The van der Waals surface area contributed by atoms with Gasteiger partial charge in [-0.05, 0) is 29.9 Å². The van der Waals surface area contributed by atoms with E-state index in [0.29, 0.717) is 0 Å².